The molecule has 2 heterocycles. The Morgan fingerprint density at radius 3 is 2.31 bits per heavy atom. The topological polar surface area (TPSA) is 43.6 Å². The lowest BCUT2D eigenvalue weighted by Gasteiger charge is -2.15. The second-order valence-corrected chi connectivity index (χ2v) is 8.47. The summed E-state index contributed by atoms with van der Waals surface area (Å²) < 4.78 is 3.14. The summed E-state index contributed by atoms with van der Waals surface area (Å²) in [4.78, 5) is 9.19. The molecular weight excluding hydrogens is 376 g/mol. The average molecular weight is 397 g/mol. The van der Waals surface area contributed by atoms with Crippen LogP contribution in [0.25, 0.3) is 38.4 Å². The maximum absolute atomic E-state index is 4.63. The molecule has 142 valence electrons. The predicted octanol–water partition coefficient (Wildman–Crippen LogP) is 6.14. The van der Waals surface area contributed by atoms with E-state index in [9.17, 15) is 0 Å². The summed E-state index contributed by atoms with van der Waals surface area (Å²) in [6, 6.07) is 21.2. The van der Waals surface area contributed by atoms with Crippen LogP contribution in [0, 0.1) is 20.8 Å². The maximum Gasteiger partial charge on any atom is 0.163 e. The third-order valence-corrected chi connectivity index (χ3v) is 6.06. The van der Waals surface area contributed by atoms with Crippen molar-refractivity contribution < 1.29 is 0 Å². The zero-order valence-corrected chi connectivity index (χ0v) is 17.4. The van der Waals surface area contributed by atoms with E-state index < -0.39 is 0 Å². The van der Waals surface area contributed by atoms with Crippen molar-refractivity contribution in [1.82, 2.24) is 19.7 Å². The third-order valence-electron chi connectivity index (χ3n) is 5.11. The van der Waals surface area contributed by atoms with Crippen LogP contribution in [0.1, 0.15) is 16.1 Å². The minimum Gasteiger partial charge on any atom is -0.241 e. The maximum atomic E-state index is 4.63. The van der Waals surface area contributed by atoms with Gasteiger partial charge in [0.05, 0.1) is 20.9 Å². The van der Waals surface area contributed by atoms with E-state index in [1.807, 2.05) is 17.7 Å². The molecule has 0 atom stereocenters. The van der Waals surface area contributed by atoms with E-state index in [0.29, 0.717) is 0 Å². The van der Waals surface area contributed by atoms with Gasteiger partial charge < -0.3 is 0 Å². The van der Waals surface area contributed by atoms with Gasteiger partial charge in [0.2, 0.25) is 0 Å². The first-order valence-corrected chi connectivity index (χ1v) is 10.4. The van der Waals surface area contributed by atoms with Gasteiger partial charge in [-0.05, 0) is 73.4 Å². The number of benzene rings is 3. The van der Waals surface area contributed by atoms with Crippen LogP contribution in [0.2, 0.25) is 0 Å². The molecule has 0 aliphatic heterocycles. The molecule has 0 radical (unpaired) electrons. The van der Waals surface area contributed by atoms with E-state index in [1.54, 1.807) is 17.7 Å². The Kier molecular flexibility index (Phi) is 4.25. The summed E-state index contributed by atoms with van der Waals surface area (Å²) >= 11 is 1.71. The van der Waals surface area contributed by atoms with Gasteiger partial charge in [-0.3, -0.25) is 0 Å². The minimum absolute atomic E-state index is 0.830. The number of rotatable bonds is 3. The third kappa shape index (κ3) is 3.13. The second kappa shape index (κ2) is 6.94. The first-order valence-electron chi connectivity index (χ1n) is 9.55. The normalized spacial score (nSPS) is 11.3. The molecule has 5 rings (SSSR count). The van der Waals surface area contributed by atoms with E-state index in [-0.39, 0.29) is 0 Å². The molecule has 0 saturated carbocycles. The quantitative estimate of drug-likeness (QED) is 0.368. The van der Waals surface area contributed by atoms with Gasteiger partial charge >= 0.3 is 0 Å². The van der Waals surface area contributed by atoms with Crippen LogP contribution < -0.4 is 0 Å². The Bertz CT molecular complexity index is 1310. The molecule has 0 amide bonds. The van der Waals surface area contributed by atoms with Crippen molar-refractivity contribution in [1.29, 1.82) is 0 Å². The molecule has 0 aliphatic rings. The van der Waals surface area contributed by atoms with E-state index in [4.69, 9.17) is 0 Å². The average Bonchev–Trinajstić information content (AvgIpc) is 3.33. The van der Waals surface area contributed by atoms with Crippen LogP contribution in [0.15, 0.2) is 67.0 Å². The minimum atomic E-state index is 0.830. The Labute approximate surface area is 173 Å². The van der Waals surface area contributed by atoms with E-state index >= 15 is 0 Å². The Hall–Kier alpha value is -3.31. The molecule has 3 aromatic carbocycles. The highest BCUT2D eigenvalue weighted by atomic mass is 32.1. The van der Waals surface area contributed by atoms with Crippen molar-refractivity contribution in [3.8, 4) is 28.2 Å². The molecule has 0 bridgehead atoms. The summed E-state index contributed by atoms with van der Waals surface area (Å²) in [5.74, 6) is 0.830. The van der Waals surface area contributed by atoms with Gasteiger partial charge in [0, 0.05) is 5.56 Å². The van der Waals surface area contributed by atoms with Gasteiger partial charge in [0.1, 0.15) is 6.33 Å². The lowest BCUT2D eigenvalue weighted by Crippen LogP contribution is -2.05. The number of aromatic nitrogens is 4. The fourth-order valence-corrected chi connectivity index (χ4v) is 4.68. The molecule has 2 aromatic heterocycles. The zero-order valence-electron chi connectivity index (χ0n) is 16.5. The second-order valence-electron chi connectivity index (χ2n) is 7.24. The molecule has 0 unspecified atom stereocenters. The lowest BCUT2D eigenvalue weighted by atomic mass is 9.99. The number of thiazole rings is 1. The summed E-state index contributed by atoms with van der Waals surface area (Å²) in [6.45, 7) is 6.30. The summed E-state index contributed by atoms with van der Waals surface area (Å²) in [5.41, 5.74) is 7.87. The predicted molar refractivity (Wildman–Crippen MR) is 120 cm³/mol. The molecule has 0 N–H and O–H groups in total. The Morgan fingerprint density at radius 2 is 1.55 bits per heavy atom. The van der Waals surface area contributed by atoms with E-state index in [0.717, 1.165) is 27.6 Å². The van der Waals surface area contributed by atoms with Crippen LogP contribution in [0.4, 0.5) is 0 Å². The number of aryl methyl sites for hydroxylation is 3. The summed E-state index contributed by atoms with van der Waals surface area (Å²) in [5, 5.41) is 5.63. The number of hydrogen-bond acceptors (Lipinski definition) is 4. The van der Waals surface area contributed by atoms with Gasteiger partial charge in [0.25, 0.3) is 0 Å². The van der Waals surface area contributed by atoms with E-state index in [2.05, 4.69) is 83.5 Å². The largest absolute Gasteiger partial charge is 0.241 e. The zero-order chi connectivity index (χ0) is 20.0. The lowest BCUT2D eigenvalue weighted by molar-refractivity contribution is 0.871. The molecule has 0 fully saturated rings. The molecule has 4 nitrogen and oxygen atoms in total. The summed E-state index contributed by atoms with van der Waals surface area (Å²) in [6.07, 6.45) is 1.62. The van der Waals surface area contributed by atoms with Crippen molar-refractivity contribution >= 4 is 21.6 Å². The van der Waals surface area contributed by atoms with Crippen LogP contribution in [0.3, 0.4) is 0 Å². The van der Waals surface area contributed by atoms with Gasteiger partial charge in [-0.15, -0.1) is 11.3 Å². The monoisotopic (exact) mass is 396 g/mol. The highest BCUT2D eigenvalue weighted by Crippen LogP contribution is 2.31. The van der Waals surface area contributed by atoms with Crippen LogP contribution in [-0.4, -0.2) is 19.7 Å². The highest BCUT2D eigenvalue weighted by molar-refractivity contribution is 7.18. The van der Waals surface area contributed by atoms with E-state index in [1.165, 1.54) is 27.0 Å². The number of nitrogens with zero attached hydrogens (tertiary/aromatic N) is 4. The first-order chi connectivity index (χ1) is 14.1. The van der Waals surface area contributed by atoms with Crippen molar-refractivity contribution in [2.24, 2.45) is 0 Å². The first kappa shape index (κ1) is 17.8. The molecule has 0 aliphatic carbocycles. The van der Waals surface area contributed by atoms with Crippen molar-refractivity contribution in [2.45, 2.75) is 20.8 Å². The van der Waals surface area contributed by atoms with Gasteiger partial charge in [-0.25, -0.2) is 14.6 Å². The van der Waals surface area contributed by atoms with Crippen molar-refractivity contribution in [3.63, 3.8) is 0 Å². The van der Waals surface area contributed by atoms with Crippen molar-refractivity contribution in [3.05, 3.63) is 83.1 Å². The molecule has 5 heteroatoms. The Balaban J connectivity index is 1.63. The SMILES string of the molecule is Cc1nc2cc(-c3ncnn3-c3c(C)cc(-c4ccccc4)cc3C)ccc2s1. The smallest absolute Gasteiger partial charge is 0.163 e. The molecular formula is C24H20N4S. The number of fused-ring (bicyclic) bond motifs is 1. The fourth-order valence-electron chi connectivity index (χ4n) is 3.87. The van der Waals surface area contributed by atoms with Crippen LogP contribution >= 0.6 is 11.3 Å². The fraction of sp³-hybridized carbons (Fsp3) is 0.125. The number of hydrogen-bond donors (Lipinski definition) is 0. The van der Waals surface area contributed by atoms with Gasteiger partial charge in [-0.1, -0.05) is 30.3 Å². The standard InChI is InChI=1S/C24H20N4S/c1-15-11-20(18-7-5-4-6-8-18)12-16(2)23(15)28-24(25-14-26-28)19-9-10-22-21(13-19)27-17(3)29-22/h4-14H,1-3H3. The Morgan fingerprint density at radius 1 is 0.793 bits per heavy atom. The van der Waals surface area contributed by atoms with Gasteiger partial charge in [-0.2, -0.15) is 5.10 Å². The highest BCUT2D eigenvalue weighted by Gasteiger charge is 2.16. The van der Waals surface area contributed by atoms with Crippen molar-refractivity contribution in [2.75, 3.05) is 0 Å². The van der Waals surface area contributed by atoms with Gasteiger partial charge in [0.15, 0.2) is 5.82 Å². The summed E-state index contributed by atoms with van der Waals surface area (Å²) in [7, 11) is 0. The van der Waals surface area contributed by atoms with Crippen LogP contribution in [0.5, 0.6) is 0 Å². The van der Waals surface area contributed by atoms with Crippen LogP contribution in [-0.2, 0) is 0 Å². The molecule has 29 heavy (non-hydrogen) atoms. The molecule has 5 aromatic rings. The molecule has 0 spiro atoms. The molecule has 0 saturated heterocycles.